The fourth-order valence-corrected chi connectivity index (χ4v) is 3.11. The van der Waals surface area contributed by atoms with Gasteiger partial charge in [-0.1, -0.05) is 0 Å². The first-order valence-electron chi connectivity index (χ1n) is 8.69. The number of likely N-dealkylation sites (tertiary alicyclic amines) is 1. The zero-order valence-corrected chi connectivity index (χ0v) is 15.1. The number of esters is 1. The molecule has 3 rings (SSSR count). The van der Waals surface area contributed by atoms with Gasteiger partial charge in [-0.3, -0.25) is 9.79 Å². The van der Waals surface area contributed by atoms with E-state index in [0.717, 1.165) is 43.3 Å². The van der Waals surface area contributed by atoms with Gasteiger partial charge in [0.05, 0.1) is 13.0 Å². The molecular formula is C18H24N6O2. The topological polar surface area (TPSA) is 84.6 Å². The van der Waals surface area contributed by atoms with E-state index in [-0.39, 0.29) is 11.9 Å². The minimum absolute atomic E-state index is 0.00816. The molecule has 1 N–H and O–H groups in total. The summed E-state index contributed by atoms with van der Waals surface area (Å²) in [6, 6.07) is 5.83. The van der Waals surface area contributed by atoms with Crippen molar-refractivity contribution in [2.75, 3.05) is 27.2 Å². The lowest BCUT2D eigenvalue weighted by Crippen LogP contribution is -2.46. The number of carbonyl (C=O) groups excluding carboxylic acids is 1. The molecule has 0 aromatic carbocycles. The third-order valence-corrected chi connectivity index (χ3v) is 4.54. The fourth-order valence-electron chi connectivity index (χ4n) is 3.11. The number of piperidine rings is 1. The van der Waals surface area contributed by atoms with Crippen LogP contribution in [0.4, 0.5) is 0 Å². The van der Waals surface area contributed by atoms with Crippen LogP contribution in [0.5, 0.6) is 0 Å². The van der Waals surface area contributed by atoms with Crippen LogP contribution in [0, 0.1) is 5.92 Å². The van der Waals surface area contributed by atoms with Gasteiger partial charge in [-0.25, -0.2) is 9.67 Å². The molecule has 0 atom stereocenters. The van der Waals surface area contributed by atoms with Gasteiger partial charge in [0.15, 0.2) is 11.8 Å². The Morgan fingerprint density at radius 3 is 2.85 bits per heavy atom. The second-order valence-electron chi connectivity index (χ2n) is 6.16. The van der Waals surface area contributed by atoms with E-state index in [1.54, 1.807) is 24.1 Å². The highest BCUT2D eigenvalue weighted by Crippen LogP contribution is 2.18. The predicted octanol–water partition coefficient (Wildman–Crippen LogP) is 1.23. The van der Waals surface area contributed by atoms with Crippen molar-refractivity contribution in [3.63, 3.8) is 0 Å². The van der Waals surface area contributed by atoms with Crippen molar-refractivity contribution in [2.45, 2.75) is 19.4 Å². The number of pyridine rings is 1. The Hall–Kier alpha value is -2.90. The van der Waals surface area contributed by atoms with Crippen molar-refractivity contribution < 1.29 is 9.53 Å². The Morgan fingerprint density at radius 2 is 2.19 bits per heavy atom. The summed E-state index contributed by atoms with van der Waals surface area (Å²) < 4.78 is 6.57. The first-order chi connectivity index (χ1) is 12.7. The number of nitrogens with zero attached hydrogens (tertiary/aromatic N) is 5. The molecule has 2 aromatic rings. The molecule has 2 aromatic heterocycles. The van der Waals surface area contributed by atoms with Gasteiger partial charge in [-0.05, 0) is 36.6 Å². The number of ether oxygens (including phenoxy) is 1. The maximum atomic E-state index is 11.7. The molecule has 8 nitrogen and oxygen atoms in total. The van der Waals surface area contributed by atoms with Gasteiger partial charge >= 0.3 is 5.97 Å². The normalized spacial score (nSPS) is 15.8. The van der Waals surface area contributed by atoms with Crippen molar-refractivity contribution in [3.8, 4) is 5.82 Å². The quantitative estimate of drug-likeness (QED) is 0.504. The van der Waals surface area contributed by atoms with Crippen molar-refractivity contribution in [1.82, 2.24) is 25.0 Å². The molecule has 1 aliphatic rings. The second kappa shape index (κ2) is 8.46. The number of hydrogen-bond donors (Lipinski definition) is 1. The monoisotopic (exact) mass is 356 g/mol. The van der Waals surface area contributed by atoms with Crippen LogP contribution in [0.3, 0.4) is 0 Å². The van der Waals surface area contributed by atoms with Crippen LogP contribution in [0.1, 0.15) is 18.4 Å². The number of aromatic nitrogens is 3. The molecule has 1 saturated heterocycles. The molecule has 0 bridgehead atoms. The standard InChI is InChI=1S/C18H24N6O2/c1-19-18(23-10-5-15(6-11-23)17(25)26-2)21-13-14-4-8-20-16(12-14)24-9-3-7-22-24/h3-4,7-9,12,15H,5-6,10-11,13H2,1-2H3,(H,19,21). The van der Waals surface area contributed by atoms with E-state index in [9.17, 15) is 4.79 Å². The molecule has 8 heteroatoms. The van der Waals surface area contributed by atoms with E-state index in [4.69, 9.17) is 4.74 Å². The number of hydrogen-bond acceptors (Lipinski definition) is 5. The molecule has 0 saturated carbocycles. The lowest BCUT2D eigenvalue weighted by molar-refractivity contribution is -0.146. The number of methoxy groups -OCH3 is 1. The Morgan fingerprint density at radius 1 is 1.38 bits per heavy atom. The number of carbonyl (C=O) groups is 1. The van der Waals surface area contributed by atoms with Crippen LogP contribution in [0.25, 0.3) is 5.82 Å². The largest absolute Gasteiger partial charge is 0.469 e. The van der Waals surface area contributed by atoms with Crippen molar-refractivity contribution in [2.24, 2.45) is 10.9 Å². The zero-order valence-electron chi connectivity index (χ0n) is 15.1. The van der Waals surface area contributed by atoms with E-state index in [1.165, 1.54) is 7.11 Å². The van der Waals surface area contributed by atoms with E-state index in [0.29, 0.717) is 6.54 Å². The highest BCUT2D eigenvalue weighted by Gasteiger charge is 2.26. The molecule has 0 amide bonds. The Kier molecular flexibility index (Phi) is 5.83. The average Bonchev–Trinajstić information content (AvgIpc) is 3.23. The lowest BCUT2D eigenvalue weighted by Gasteiger charge is -2.33. The second-order valence-corrected chi connectivity index (χ2v) is 6.16. The van der Waals surface area contributed by atoms with Crippen LogP contribution < -0.4 is 5.32 Å². The molecule has 26 heavy (non-hydrogen) atoms. The Labute approximate surface area is 152 Å². The summed E-state index contributed by atoms with van der Waals surface area (Å²) in [7, 11) is 3.22. The molecule has 1 aliphatic heterocycles. The summed E-state index contributed by atoms with van der Waals surface area (Å²) in [4.78, 5) is 22.5. The smallest absolute Gasteiger partial charge is 0.308 e. The number of nitrogens with one attached hydrogen (secondary N) is 1. The molecule has 3 heterocycles. The van der Waals surface area contributed by atoms with Crippen LogP contribution in [-0.2, 0) is 16.1 Å². The van der Waals surface area contributed by atoms with Gasteiger partial charge in [-0.2, -0.15) is 5.10 Å². The van der Waals surface area contributed by atoms with Gasteiger partial charge in [0, 0.05) is 45.3 Å². The fraction of sp³-hybridized carbons (Fsp3) is 0.444. The number of aliphatic imine (C=N–C) groups is 1. The van der Waals surface area contributed by atoms with E-state index in [1.807, 2.05) is 24.4 Å². The summed E-state index contributed by atoms with van der Waals surface area (Å²) in [6.07, 6.45) is 6.94. The molecule has 0 radical (unpaired) electrons. The molecule has 0 unspecified atom stereocenters. The zero-order chi connectivity index (χ0) is 18.4. The lowest BCUT2D eigenvalue weighted by atomic mass is 9.97. The first-order valence-corrected chi connectivity index (χ1v) is 8.69. The molecular weight excluding hydrogens is 332 g/mol. The summed E-state index contributed by atoms with van der Waals surface area (Å²) in [5.74, 6) is 1.50. The van der Waals surface area contributed by atoms with Gasteiger partial charge in [-0.15, -0.1) is 0 Å². The van der Waals surface area contributed by atoms with Crippen LogP contribution in [-0.4, -0.2) is 58.8 Å². The van der Waals surface area contributed by atoms with E-state index in [2.05, 4.69) is 25.3 Å². The van der Waals surface area contributed by atoms with Gasteiger partial charge in [0.2, 0.25) is 0 Å². The summed E-state index contributed by atoms with van der Waals surface area (Å²) in [5.41, 5.74) is 1.09. The molecule has 0 spiro atoms. The predicted molar refractivity (Wildman–Crippen MR) is 97.9 cm³/mol. The maximum Gasteiger partial charge on any atom is 0.308 e. The number of rotatable bonds is 4. The molecule has 0 aliphatic carbocycles. The van der Waals surface area contributed by atoms with Gasteiger partial charge in [0.1, 0.15) is 0 Å². The van der Waals surface area contributed by atoms with Crippen molar-refractivity contribution in [1.29, 1.82) is 0 Å². The maximum absolute atomic E-state index is 11.7. The van der Waals surface area contributed by atoms with E-state index >= 15 is 0 Å². The molecule has 1 fully saturated rings. The summed E-state index contributed by atoms with van der Waals surface area (Å²) >= 11 is 0. The highest BCUT2D eigenvalue weighted by molar-refractivity contribution is 5.80. The highest BCUT2D eigenvalue weighted by atomic mass is 16.5. The molecule has 138 valence electrons. The van der Waals surface area contributed by atoms with Crippen LogP contribution >= 0.6 is 0 Å². The Balaban J connectivity index is 1.57. The van der Waals surface area contributed by atoms with Crippen LogP contribution in [0.15, 0.2) is 41.8 Å². The first kappa shape index (κ1) is 17.9. The van der Waals surface area contributed by atoms with Crippen molar-refractivity contribution >= 4 is 11.9 Å². The SMILES string of the molecule is CN=C(NCc1ccnc(-n2cccn2)c1)N1CCC(C(=O)OC)CC1. The third-order valence-electron chi connectivity index (χ3n) is 4.54. The number of guanidine groups is 1. The van der Waals surface area contributed by atoms with Crippen LogP contribution in [0.2, 0.25) is 0 Å². The Bertz CT molecular complexity index is 751. The summed E-state index contributed by atoms with van der Waals surface area (Å²) in [5, 5.41) is 7.59. The third kappa shape index (κ3) is 4.19. The summed E-state index contributed by atoms with van der Waals surface area (Å²) in [6.45, 7) is 2.21. The van der Waals surface area contributed by atoms with Gasteiger partial charge in [0.25, 0.3) is 0 Å². The van der Waals surface area contributed by atoms with Gasteiger partial charge < -0.3 is 15.0 Å². The van der Waals surface area contributed by atoms with E-state index < -0.39 is 0 Å². The minimum atomic E-state index is -0.115. The average molecular weight is 356 g/mol. The van der Waals surface area contributed by atoms with Crippen molar-refractivity contribution in [3.05, 3.63) is 42.4 Å². The minimum Gasteiger partial charge on any atom is -0.469 e.